The van der Waals surface area contributed by atoms with Crippen LogP contribution in [0.25, 0.3) is 0 Å². The SMILES string of the molecule is CN(Cc1cccc(Cl)c1Cl)C(=O)C1=NN(C2CCS(=O)(=O)C2)C(=O)CC1. The van der Waals surface area contributed by atoms with Gasteiger partial charge in [-0.05, 0) is 18.1 Å². The van der Waals surface area contributed by atoms with E-state index in [1.54, 1.807) is 25.2 Å². The van der Waals surface area contributed by atoms with Crippen LogP contribution in [-0.2, 0) is 26.0 Å². The molecule has 2 amide bonds. The molecule has 0 aliphatic carbocycles. The highest BCUT2D eigenvalue weighted by Gasteiger charge is 2.37. The number of hydrogen-bond donors (Lipinski definition) is 0. The van der Waals surface area contributed by atoms with Gasteiger partial charge in [0.05, 0.1) is 27.6 Å². The van der Waals surface area contributed by atoms with Gasteiger partial charge in [0.15, 0.2) is 9.84 Å². The molecule has 1 atom stereocenters. The lowest BCUT2D eigenvalue weighted by atomic mass is 10.1. The van der Waals surface area contributed by atoms with Crippen LogP contribution in [-0.4, -0.2) is 60.4 Å². The van der Waals surface area contributed by atoms with Crippen molar-refractivity contribution in [1.82, 2.24) is 9.91 Å². The molecule has 2 aliphatic rings. The van der Waals surface area contributed by atoms with Crippen molar-refractivity contribution in [3.05, 3.63) is 33.8 Å². The Morgan fingerprint density at radius 3 is 2.74 bits per heavy atom. The maximum Gasteiger partial charge on any atom is 0.270 e. The minimum Gasteiger partial charge on any atom is -0.336 e. The normalized spacial score (nSPS) is 21.9. The van der Waals surface area contributed by atoms with Gasteiger partial charge >= 0.3 is 0 Å². The molecular formula is C17H19Cl2N3O4S. The van der Waals surface area contributed by atoms with Gasteiger partial charge < -0.3 is 4.90 Å². The van der Waals surface area contributed by atoms with Crippen LogP contribution in [0.3, 0.4) is 0 Å². The summed E-state index contributed by atoms with van der Waals surface area (Å²) in [7, 11) is -1.54. The lowest BCUT2D eigenvalue weighted by Crippen LogP contribution is -2.44. The summed E-state index contributed by atoms with van der Waals surface area (Å²) in [4.78, 5) is 26.4. The van der Waals surface area contributed by atoms with Crippen molar-refractivity contribution in [1.29, 1.82) is 0 Å². The van der Waals surface area contributed by atoms with E-state index in [1.807, 2.05) is 0 Å². The second-order valence-corrected chi connectivity index (χ2v) is 9.73. The molecule has 10 heteroatoms. The third kappa shape index (κ3) is 4.44. The zero-order chi connectivity index (χ0) is 19.8. The number of hydrazone groups is 1. The maximum absolute atomic E-state index is 12.8. The molecule has 2 heterocycles. The first-order valence-corrected chi connectivity index (χ1v) is 11.0. The molecule has 1 saturated heterocycles. The van der Waals surface area contributed by atoms with Crippen molar-refractivity contribution in [3.63, 3.8) is 0 Å². The van der Waals surface area contributed by atoms with Crippen molar-refractivity contribution >= 4 is 50.6 Å². The first-order valence-electron chi connectivity index (χ1n) is 8.46. The molecule has 0 bridgehead atoms. The van der Waals surface area contributed by atoms with E-state index >= 15 is 0 Å². The van der Waals surface area contributed by atoms with Crippen LogP contribution in [0.2, 0.25) is 10.0 Å². The monoisotopic (exact) mass is 431 g/mol. The highest BCUT2D eigenvalue weighted by atomic mass is 35.5. The summed E-state index contributed by atoms with van der Waals surface area (Å²) < 4.78 is 23.4. The summed E-state index contributed by atoms with van der Waals surface area (Å²) in [6.45, 7) is 0.239. The van der Waals surface area contributed by atoms with E-state index in [9.17, 15) is 18.0 Å². The number of hydrogen-bond acceptors (Lipinski definition) is 5. The number of amides is 2. The van der Waals surface area contributed by atoms with E-state index in [4.69, 9.17) is 23.2 Å². The van der Waals surface area contributed by atoms with E-state index in [1.165, 1.54) is 9.91 Å². The second kappa shape index (κ2) is 7.77. The summed E-state index contributed by atoms with van der Waals surface area (Å²) in [6, 6.07) is 4.69. The predicted molar refractivity (Wildman–Crippen MR) is 104 cm³/mol. The standard InChI is InChI=1S/C17H19Cl2N3O4S/c1-21(9-11-3-2-4-13(18)16(11)19)17(24)14-5-6-15(23)22(20-14)12-7-8-27(25,26)10-12/h2-4,12H,5-10H2,1H3. The van der Waals surface area contributed by atoms with Gasteiger partial charge in [-0.25, -0.2) is 13.4 Å². The third-order valence-corrected chi connectivity index (χ3v) is 7.25. The Labute approximate surface area is 167 Å². The van der Waals surface area contributed by atoms with Gasteiger partial charge in [0, 0.05) is 26.4 Å². The number of benzene rings is 1. The van der Waals surface area contributed by atoms with Gasteiger partial charge in [0.2, 0.25) is 5.91 Å². The van der Waals surface area contributed by atoms with Crippen LogP contribution in [0, 0.1) is 0 Å². The Balaban J connectivity index is 1.76. The topological polar surface area (TPSA) is 87.1 Å². The van der Waals surface area contributed by atoms with Gasteiger partial charge in [-0.15, -0.1) is 0 Å². The predicted octanol–water partition coefficient (Wildman–Crippen LogP) is 2.12. The molecule has 1 aromatic rings. The molecule has 3 rings (SSSR count). The van der Waals surface area contributed by atoms with Gasteiger partial charge in [-0.1, -0.05) is 35.3 Å². The quantitative estimate of drug-likeness (QED) is 0.730. The van der Waals surface area contributed by atoms with Crippen molar-refractivity contribution in [2.45, 2.75) is 31.8 Å². The molecule has 0 radical (unpaired) electrons. The second-order valence-electron chi connectivity index (χ2n) is 6.72. The Hall–Kier alpha value is -1.64. The molecule has 0 N–H and O–H groups in total. The summed E-state index contributed by atoms with van der Waals surface area (Å²) in [6.07, 6.45) is 0.696. The molecule has 27 heavy (non-hydrogen) atoms. The smallest absolute Gasteiger partial charge is 0.270 e. The lowest BCUT2D eigenvalue weighted by Gasteiger charge is -2.29. The lowest BCUT2D eigenvalue weighted by molar-refractivity contribution is -0.134. The van der Waals surface area contributed by atoms with Crippen molar-refractivity contribution in [2.75, 3.05) is 18.6 Å². The van der Waals surface area contributed by atoms with Crippen LogP contribution in [0.4, 0.5) is 0 Å². The van der Waals surface area contributed by atoms with Crippen molar-refractivity contribution in [2.24, 2.45) is 5.10 Å². The molecule has 2 aliphatic heterocycles. The Morgan fingerprint density at radius 1 is 1.33 bits per heavy atom. The Morgan fingerprint density at radius 2 is 2.07 bits per heavy atom. The highest BCUT2D eigenvalue weighted by molar-refractivity contribution is 7.91. The van der Waals surface area contributed by atoms with Crippen molar-refractivity contribution in [3.8, 4) is 0 Å². The fourth-order valence-electron chi connectivity index (χ4n) is 3.20. The van der Waals surface area contributed by atoms with Gasteiger partial charge in [-0.2, -0.15) is 5.10 Å². The molecule has 146 valence electrons. The molecular weight excluding hydrogens is 413 g/mol. The van der Waals surface area contributed by atoms with Crippen LogP contribution in [0.15, 0.2) is 23.3 Å². The fraction of sp³-hybridized carbons (Fsp3) is 0.471. The number of carbonyl (C=O) groups is 2. The van der Waals surface area contributed by atoms with Crippen LogP contribution < -0.4 is 0 Å². The minimum atomic E-state index is -3.16. The number of sulfone groups is 1. The average Bonchev–Trinajstić information content (AvgIpc) is 2.98. The van der Waals surface area contributed by atoms with E-state index in [0.717, 1.165) is 0 Å². The van der Waals surface area contributed by atoms with Gasteiger partial charge in [-0.3, -0.25) is 9.59 Å². The van der Waals surface area contributed by atoms with Crippen LogP contribution in [0.5, 0.6) is 0 Å². The van der Waals surface area contributed by atoms with Crippen molar-refractivity contribution < 1.29 is 18.0 Å². The zero-order valence-electron chi connectivity index (χ0n) is 14.7. The number of halogens is 2. The number of rotatable bonds is 4. The van der Waals surface area contributed by atoms with Gasteiger partial charge in [0.1, 0.15) is 5.71 Å². The maximum atomic E-state index is 12.8. The Kier molecular flexibility index (Phi) is 5.79. The molecule has 1 fully saturated rings. The number of carbonyl (C=O) groups excluding carboxylic acids is 2. The largest absolute Gasteiger partial charge is 0.336 e. The molecule has 7 nitrogen and oxygen atoms in total. The number of nitrogens with zero attached hydrogens (tertiary/aromatic N) is 3. The van der Waals surface area contributed by atoms with Gasteiger partial charge in [0.25, 0.3) is 5.91 Å². The van der Waals surface area contributed by atoms with Crippen LogP contribution >= 0.6 is 23.2 Å². The first-order chi connectivity index (χ1) is 12.7. The molecule has 1 unspecified atom stereocenters. The molecule has 0 saturated carbocycles. The third-order valence-electron chi connectivity index (χ3n) is 4.65. The summed E-state index contributed by atoms with van der Waals surface area (Å²) in [5, 5.41) is 6.17. The van der Waals surface area contributed by atoms with E-state index in [0.29, 0.717) is 22.0 Å². The fourth-order valence-corrected chi connectivity index (χ4v) is 5.27. The van der Waals surface area contributed by atoms with E-state index in [2.05, 4.69) is 5.10 Å². The average molecular weight is 432 g/mol. The van der Waals surface area contributed by atoms with E-state index < -0.39 is 15.9 Å². The highest BCUT2D eigenvalue weighted by Crippen LogP contribution is 2.27. The summed E-state index contributed by atoms with van der Waals surface area (Å²) >= 11 is 12.2. The van der Waals surface area contributed by atoms with Crippen LogP contribution in [0.1, 0.15) is 24.8 Å². The summed E-state index contributed by atoms with van der Waals surface area (Å²) in [5.74, 6) is -0.663. The zero-order valence-corrected chi connectivity index (χ0v) is 17.0. The molecule has 0 spiro atoms. The summed E-state index contributed by atoms with van der Waals surface area (Å²) in [5.41, 5.74) is 0.936. The minimum absolute atomic E-state index is 0.0351. The first kappa shape index (κ1) is 20.1. The molecule has 0 aromatic heterocycles. The molecule has 1 aromatic carbocycles. The Bertz CT molecular complexity index is 917. The van der Waals surface area contributed by atoms with E-state index in [-0.39, 0.29) is 48.4 Å².